The Morgan fingerprint density at radius 1 is 1.17 bits per heavy atom. The second-order valence-electron chi connectivity index (χ2n) is 6.00. The van der Waals surface area contributed by atoms with Crippen molar-refractivity contribution in [2.45, 2.75) is 6.92 Å². The normalized spacial score (nSPS) is 15.3. The van der Waals surface area contributed by atoms with Crippen LogP contribution in [-0.4, -0.2) is 54.0 Å². The lowest BCUT2D eigenvalue weighted by atomic mass is 10.2. The number of piperazine rings is 1. The van der Waals surface area contributed by atoms with Crippen LogP contribution in [-0.2, 0) is 0 Å². The van der Waals surface area contributed by atoms with Gasteiger partial charge in [0.2, 0.25) is 0 Å². The van der Waals surface area contributed by atoms with Crippen molar-refractivity contribution in [3.63, 3.8) is 0 Å². The van der Waals surface area contributed by atoms with Gasteiger partial charge in [-0.05, 0) is 38.2 Å². The molecule has 0 unspecified atom stereocenters. The summed E-state index contributed by atoms with van der Waals surface area (Å²) in [5.41, 5.74) is 1.35. The molecule has 2 aromatic rings. The van der Waals surface area contributed by atoms with Crippen LogP contribution in [0.4, 0.5) is 11.4 Å². The first-order chi connectivity index (χ1) is 11.5. The van der Waals surface area contributed by atoms with Gasteiger partial charge in [0, 0.05) is 43.8 Å². The molecule has 0 bridgehead atoms. The maximum Gasteiger partial charge on any atom is 0.263 e. The van der Waals surface area contributed by atoms with E-state index in [1.54, 1.807) is 6.92 Å². The first-order valence-corrected chi connectivity index (χ1v) is 7.94. The van der Waals surface area contributed by atoms with Gasteiger partial charge in [-0.2, -0.15) is 0 Å². The number of benzene rings is 1. The number of hydrogen-bond donors (Lipinski definition) is 2. The van der Waals surface area contributed by atoms with Crippen molar-refractivity contribution >= 4 is 17.3 Å². The molecular formula is C17H21N5O2. The number of aromatic nitrogens is 2. The molecule has 2 heterocycles. The van der Waals surface area contributed by atoms with Crippen molar-refractivity contribution in [2.75, 3.05) is 43.4 Å². The Morgan fingerprint density at radius 3 is 2.46 bits per heavy atom. The zero-order chi connectivity index (χ0) is 17.1. The highest BCUT2D eigenvalue weighted by Gasteiger charge is 2.15. The second kappa shape index (κ2) is 6.84. The Hall–Kier alpha value is -2.67. The molecule has 2 N–H and O–H groups in total. The molecule has 0 saturated carbocycles. The number of anilines is 2. The SMILES string of the molecule is Cc1ncc(C(=O)Nc2ccc(N3CCN(C)CC3)cc2)c(=O)[nH]1. The summed E-state index contributed by atoms with van der Waals surface area (Å²) in [6.45, 7) is 5.74. The standard InChI is InChI=1S/C17H21N5O2/c1-12-18-11-15(16(23)19-12)17(24)20-13-3-5-14(6-4-13)22-9-7-21(2)8-10-22/h3-6,11H,7-10H2,1-2H3,(H,20,24)(H,18,19,23). The van der Waals surface area contributed by atoms with Crippen LogP contribution >= 0.6 is 0 Å². The third-order valence-corrected chi connectivity index (χ3v) is 4.16. The van der Waals surface area contributed by atoms with Crippen LogP contribution in [0, 0.1) is 6.92 Å². The summed E-state index contributed by atoms with van der Waals surface area (Å²) >= 11 is 0. The number of carbonyl (C=O) groups excluding carboxylic acids is 1. The van der Waals surface area contributed by atoms with Crippen LogP contribution in [0.3, 0.4) is 0 Å². The fourth-order valence-corrected chi connectivity index (χ4v) is 2.66. The van der Waals surface area contributed by atoms with E-state index < -0.39 is 11.5 Å². The number of rotatable bonds is 3. The average Bonchev–Trinajstić information content (AvgIpc) is 2.56. The molecular weight excluding hydrogens is 306 g/mol. The maximum atomic E-state index is 12.2. The Morgan fingerprint density at radius 2 is 1.83 bits per heavy atom. The molecule has 1 fully saturated rings. The fraction of sp³-hybridized carbons (Fsp3) is 0.353. The summed E-state index contributed by atoms with van der Waals surface area (Å²) < 4.78 is 0. The summed E-state index contributed by atoms with van der Waals surface area (Å²) in [6, 6.07) is 7.67. The number of likely N-dealkylation sites (N-methyl/N-ethyl adjacent to an activating group) is 1. The van der Waals surface area contributed by atoms with Crippen LogP contribution in [0.2, 0.25) is 0 Å². The Bertz CT molecular complexity index is 776. The van der Waals surface area contributed by atoms with Gasteiger partial charge < -0.3 is 20.1 Å². The minimum absolute atomic E-state index is 0.00347. The largest absolute Gasteiger partial charge is 0.369 e. The molecule has 1 aliphatic rings. The van der Waals surface area contributed by atoms with E-state index in [2.05, 4.69) is 32.1 Å². The second-order valence-corrected chi connectivity index (χ2v) is 6.00. The van der Waals surface area contributed by atoms with Crippen molar-refractivity contribution in [3.8, 4) is 0 Å². The van der Waals surface area contributed by atoms with Gasteiger partial charge in [0.25, 0.3) is 11.5 Å². The third-order valence-electron chi connectivity index (χ3n) is 4.16. The smallest absolute Gasteiger partial charge is 0.263 e. The van der Waals surface area contributed by atoms with Crippen LogP contribution in [0.5, 0.6) is 0 Å². The van der Waals surface area contributed by atoms with E-state index in [0.717, 1.165) is 31.9 Å². The molecule has 1 aliphatic heterocycles. The van der Waals surface area contributed by atoms with E-state index >= 15 is 0 Å². The van der Waals surface area contributed by atoms with E-state index in [-0.39, 0.29) is 5.56 Å². The monoisotopic (exact) mass is 327 g/mol. The molecule has 0 spiro atoms. The summed E-state index contributed by atoms with van der Waals surface area (Å²) in [4.78, 5) is 35.1. The number of nitrogens with one attached hydrogen (secondary N) is 2. The van der Waals surface area contributed by atoms with Gasteiger partial charge in [-0.25, -0.2) is 4.98 Å². The lowest BCUT2D eigenvalue weighted by molar-refractivity contribution is 0.102. The van der Waals surface area contributed by atoms with E-state index in [0.29, 0.717) is 11.5 Å². The van der Waals surface area contributed by atoms with Gasteiger partial charge in [0.1, 0.15) is 11.4 Å². The molecule has 126 valence electrons. The fourth-order valence-electron chi connectivity index (χ4n) is 2.66. The minimum Gasteiger partial charge on any atom is -0.369 e. The molecule has 0 radical (unpaired) electrons. The number of nitrogens with zero attached hydrogens (tertiary/aromatic N) is 3. The predicted octanol–water partition coefficient (Wildman–Crippen LogP) is 1.08. The summed E-state index contributed by atoms with van der Waals surface area (Å²) in [5.74, 6) is 0.0178. The average molecular weight is 327 g/mol. The highest BCUT2D eigenvalue weighted by Crippen LogP contribution is 2.19. The van der Waals surface area contributed by atoms with Crippen LogP contribution in [0.1, 0.15) is 16.2 Å². The van der Waals surface area contributed by atoms with Crippen molar-refractivity contribution in [1.29, 1.82) is 0 Å². The number of carbonyl (C=O) groups is 1. The number of aromatic amines is 1. The summed E-state index contributed by atoms with van der Waals surface area (Å²) in [6.07, 6.45) is 1.29. The van der Waals surface area contributed by atoms with Gasteiger partial charge in [-0.15, -0.1) is 0 Å². The first kappa shape index (κ1) is 16.2. The molecule has 1 aromatic heterocycles. The quantitative estimate of drug-likeness (QED) is 0.882. The zero-order valence-electron chi connectivity index (χ0n) is 13.9. The van der Waals surface area contributed by atoms with Crippen molar-refractivity contribution in [3.05, 3.63) is 52.2 Å². The Kier molecular flexibility index (Phi) is 4.61. The number of amides is 1. The predicted molar refractivity (Wildman–Crippen MR) is 93.7 cm³/mol. The lowest BCUT2D eigenvalue weighted by Gasteiger charge is -2.34. The zero-order valence-corrected chi connectivity index (χ0v) is 13.9. The Balaban J connectivity index is 1.67. The van der Waals surface area contributed by atoms with Gasteiger partial charge in [-0.1, -0.05) is 0 Å². The summed E-state index contributed by atoms with van der Waals surface area (Å²) in [7, 11) is 2.12. The molecule has 7 heteroatoms. The van der Waals surface area contributed by atoms with Gasteiger partial charge in [-0.3, -0.25) is 9.59 Å². The number of aryl methyl sites for hydroxylation is 1. The summed E-state index contributed by atoms with van der Waals surface area (Å²) in [5, 5.41) is 2.73. The van der Waals surface area contributed by atoms with Crippen LogP contribution in [0.15, 0.2) is 35.3 Å². The van der Waals surface area contributed by atoms with Crippen LogP contribution in [0.25, 0.3) is 0 Å². The first-order valence-electron chi connectivity index (χ1n) is 7.94. The molecule has 7 nitrogen and oxygen atoms in total. The lowest BCUT2D eigenvalue weighted by Crippen LogP contribution is -2.44. The highest BCUT2D eigenvalue weighted by molar-refractivity contribution is 6.03. The third kappa shape index (κ3) is 3.62. The number of hydrogen-bond acceptors (Lipinski definition) is 5. The molecule has 1 saturated heterocycles. The molecule has 1 amide bonds. The highest BCUT2D eigenvalue weighted by atomic mass is 16.2. The van der Waals surface area contributed by atoms with Gasteiger partial charge in [0.05, 0.1) is 0 Å². The van der Waals surface area contributed by atoms with Crippen molar-refractivity contribution in [1.82, 2.24) is 14.9 Å². The molecule has 1 aromatic carbocycles. The molecule has 0 aliphatic carbocycles. The van der Waals surface area contributed by atoms with E-state index in [9.17, 15) is 9.59 Å². The number of H-pyrrole nitrogens is 1. The minimum atomic E-state index is -0.462. The van der Waals surface area contributed by atoms with Crippen molar-refractivity contribution < 1.29 is 4.79 Å². The van der Waals surface area contributed by atoms with E-state index in [1.807, 2.05) is 24.3 Å². The topological polar surface area (TPSA) is 81.3 Å². The van der Waals surface area contributed by atoms with Gasteiger partial charge >= 0.3 is 0 Å². The molecule has 3 rings (SSSR count). The van der Waals surface area contributed by atoms with E-state index in [1.165, 1.54) is 6.20 Å². The van der Waals surface area contributed by atoms with Crippen LogP contribution < -0.4 is 15.8 Å². The maximum absolute atomic E-state index is 12.2. The van der Waals surface area contributed by atoms with Gasteiger partial charge in [0.15, 0.2) is 0 Å². The molecule has 0 atom stereocenters. The Labute approximate surface area is 140 Å². The molecule has 24 heavy (non-hydrogen) atoms. The van der Waals surface area contributed by atoms with Crippen molar-refractivity contribution in [2.24, 2.45) is 0 Å². The van der Waals surface area contributed by atoms with E-state index in [4.69, 9.17) is 0 Å².